The number of ether oxygens (including phenoxy) is 4. The van der Waals surface area contributed by atoms with Crippen molar-refractivity contribution in [3.05, 3.63) is 47.6 Å². The normalized spacial score (nSPS) is 37.4. The number of hydrogen-bond acceptors (Lipinski definition) is 11. The molecule has 0 saturated carbocycles. The summed E-state index contributed by atoms with van der Waals surface area (Å²) in [6.45, 7) is 14.5. The van der Waals surface area contributed by atoms with E-state index in [9.17, 15) is 34.2 Å². The lowest BCUT2D eigenvalue weighted by Crippen LogP contribution is -2.61. The fourth-order valence-electron chi connectivity index (χ4n) is 7.83. The van der Waals surface area contributed by atoms with Gasteiger partial charge in [-0.15, -0.1) is 0 Å². The highest BCUT2D eigenvalue weighted by Crippen LogP contribution is 2.36. The number of esters is 1. The molecule has 0 aromatic carbocycles. The number of fused-ring (bicyclic) bond motifs is 3. The maximum atomic E-state index is 13.9. The summed E-state index contributed by atoms with van der Waals surface area (Å²) in [4.78, 5) is 69.8. The maximum Gasteiger partial charge on any atom is 0.329 e. The highest BCUT2D eigenvalue weighted by Gasteiger charge is 2.53. The lowest BCUT2D eigenvalue weighted by atomic mass is 9.85. The number of piperidine rings is 1. The maximum absolute atomic E-state index is 13.9. The quantitative estimate of drug-likeness (QED) is 0.207. The predicted octanol–water partition coefficient (Wildman–Crippen LogP) is 5.63. The highest BCUT2D eigenvalue weighted by atomic mass is 16.6. The molecule has 3 heterocycles. The van der Waals surface area contributed by atoms with E-state index < -0.39 is 77.8 Å². The second kappa shape index (κ2) is 21.5. The molecule has 2 bridgehead atoms. The van der Waals surface area contributed by atoms with Crippen molar-refractivity contribution in [2.75, 3.05) is 20.8 Å². The van der Waals surface area contributed by atoms with Crippen LogP contribution < -0.4 is 0 Å². The number of Topliss-reactive ketones (excluding diaryl/α,β-unsaturated/α-hetero) is 3. The van der Waals surface area contributed by atoms with Crippen LogP contribution in [0.1, 0.15) is 107 Å². The van der Waals surface area contributed by atoms with Gasteiger partial charge in [0.15, 0.2) is 5.78 Å². The van der Waals surface area contributed by atoms with Crippen molar-refractivity contribution in [1.82, 2.24) is 4.90 Å². The Bertz CT molecular complexity index is 1510. The van der Waals surface area contributed by atoms with Crippen LogP contribution in [0.2, 0.25) is 0 Å². The number of hydrogen-bond donors (Lipinski definition) is 2. The fraction of sp³-hybridized carbons (Fsp3) is 0.705. The minimum Gasteiger partial charge on any atom is -0.460 e. The standard InChI is InChI=1S/C44H67NO11/c1-26(2)36-25-35(46)29(5)23-31(7)39(48)40(54-10)38(47)30(6)22-27(3)16-12-11-13-17-28(4)37(53-9)24-33-20-19-32(8)44(52,56-33)41(49)42(50)45-21-15-14-18-34(45)43(51)55-36/h11-13,16-17,23,26-27,29-30,32-34,36-37,39-40,48,52H,14-15,18-22,24-25H2,1-10H3/b13-11?,16-12+,28-17?,31-23+. The third kappa shape index (κ3) is 12.1. The van der Waals surface area contributed by atoms with E-state index >= 15 is 0 Å². The Balaban J connectivity index is 1.98. The van der Waals surface area contributed by atoms with Crippen LogP contribution in [0, 0.1) is 29.6 Å². The van der Waals surface area contributed by atoms with E-state index in [-0.39, 0.29) is 42.8 Å². The molecule has 2 fully saturated rings. The largest absolute Gasteiger partial charge is 0.460 e. The number of ketones is 3. The Morgan fingerprint density at radius 1 is 0.893 bits per heavy atom. The Kier molecular flexibility index (Phi) is 18.0. The second-order valence-electron chi connectivity index (χ2n) is 16.6. The average Bonchev–Trinajstić information content (AvgIpc) is 3.16. The smallest absolute Gasteiger partial charge is 0.329 e. The van der Waals surface area contributed by atoms with Gasteiger partial charge < -0.3 is 34.1 Å². The molecule has 0 aromatic heterocycles. The SMILES string of the molecule is COC1CC2CCC(C)C(O)(O2)C(=O)C(=O)N2CCCCC2C(=O)OC(C(C)C)CC(=O)C(C)/C=C(\C)C(O)C(OC)C(=O)C(C)CC(C)/C=C/C=CC=C1C. The van der Waals surface area contributed by atoms with Crippen molar-refractivity contribution < 1.29 is 53.1 Å². The summed E-state index contributed by atoms with van der Waals surface area (Å²) >= 11 is 0. The molecule has 0 radical (unpaired) electrons. The molecule has 3 rings (SSSR count). The first kappa shape index (κ1) is 47.1. The van der Waals surface area contributed by atoms with Crippen molar-refractivity contribution >= 4 is 29.2 Å². The fourth-order valence-corrected chi connectivity index (χ4v) is 7.83. The van der Waals surface area contributed by atoms with Gasteiger partial charge >= 0.3 is 5.97 Å². The minimum atomic E-state index is -2.39. The number of cyclic esters (lactones) is 1. The molecular weight excluding hydrogens is 718 g/mol. The summed E-state index contributed by atoms with van der Waals surface area (Å²) in [6.07, 6.45) is 10.1. The number of aliphatic hydroxyl groups is 2. The second-order valence-corrected chi connectivity index (χ2v) is 16.6. The number of amides is 1. The van der Waals surface area contributed by atoms with Crippen LogP contribution in [0.15, 0.2) is 47.6 Å². The van der Waals surface area contributed by atoms with E-state index in [0.29, 0.717) is 44.1 Å². The molecule has 3 aliphatic heterocycles. The zero-order valence-electron chi connectivity index (χ0n) is 35.2. The van der Waals surface area contributed by atoms with Gasteiger partial charge in [-0.2, -0.15) is 0 Å². The molecule has 2 N–H and O–H groups in total. The predicted molar refractivity (Wildman–Crippen MR) is 212 cm³/mol. The molecule has 0 aromatic rings. The Morgan fingerprint density at radius 3 is 2.23 bits per heavy atom. The molecule has 11 atom stereocenters. The van der Waals surface area contributed by atoms with Gasteiger partial charge in [0.1, 0.15) is 30.1 Å². The number of carbonyl (C=O) groups is 5. The third-order valence-electron chi connectivity index (χ3n) is 11.7. The van der Waals surface area contributed by atoms with E-state index in [4.69, 9.17) is 18.9 Å². The van der Waals surface area contributed by atoms with E-state index in [1.54, 1.807) is 34.0 Å². The molecule has 12 nitrogen and oxygen atoms in total. The Labute approximate surface area is 333 Å². The molecule has 56 heavy (non-hydrogen) atoms. The van der Waals surface area contributed by atoms with Crippen molar-refractivity contribution in [2.24, 2.45) is 29.6 Å². The first-order valence-corrected chi connectivity index (χ1v) is 20.3. The van der Waals surface area contributed by atoms with E-state index in [0.717, 1.165) is 5.57 Å². The minimum absolute atomic E-state index is 0.0401. The van der Waals surface area contributed by atoms with Crippen LogP contribution in [0.25, 0.3) is 0 Å². The number of allylic oxidation sites excluding steroid dienone is 6. The molecule has 11 unspecified atom stereocenters. The van der Waals surface area contributed by atoms with Crippen LogP contribution in [0.4, 0.5) is 0 Å². The zero-order valence-corrected chi connectivity index (χ0v) is 35.2. The number of methoxy groups -OCH3 is 2. The van der Waals surface area contributed by atoms with Crippen LogP contribution in [0.3, 0.4) is 0 Å². The van der Waals surface area contributed by atoms with Crippen molar-refractivity contribution in [1.29, 1.82) is 0 Å². The molecule has 3 aliphatic rings. The van der Waals surface area contributed by atoms with Gasteiger partial charge in [-0.05, 0) is 75.4 Å². The molecular formula is C44H67NO11. The molecule has 2 saturated heterocycles. The van der Waals surface area contributed by atoms with Gasteiger partial charge in [-0.25, -0.2) is 4.79 Å². The first-order valence-electron chi connectivity index (χ1n) is 20.3. The molecule has 12 heteroatoms. The van der Waals surface area contributed by atoms with Crippen LogP contribution in [-0.2, 0) is 42.9 Å². The van der Waals surface area contributed by atoms with E-state index in [1.165, 1.54) is 12.0 Å². The highest BCUT2D eigenvalue weighted by molar-refractivity contribution is 6.39. The van der Waals surface area contributed by atoms with Crippen molar-refractivity contribution in [3.8, 4) is 0 Å². The Hall–Kier alpha value is -3.29. The summed E-state index contributed by atoms with van der Waals surface area (Å²) < 4.78 is 23.3. The van der Waals surface area contributed by atoms with Gasteiger partial charge in [-0.1, -0.05) is 78.0 Å². The summed E-state index contributed by atoms with van der Waals surface area (Å²) in [7, 11) is 2.95. The number of nitrogens with zero attached hydrogens (tertiary/aromatic N) is 1. The summed E-state index contributed by atoms with van der Waals surface area (Å²) in [5.74, 6) is -7.74. The average molecular weight is 786 g/mol. The van der Waals surface area contributed by atoms with Crippen molar-refractivity contribution in [3.63, 3.8) is 0 Å². The van der Waals surface area contributed by atoms with Gasteiger partial charge in [0.05, 0.1) is 12.2 Å². The lowest BCUT2D eigenvalue weighted by molar-refractivity contribution is -0.265. The Morgan fingerprint density at radius 2 is 1.59 bits per heavy atom. The molecule has 314 valence electrons. The van der Waals surface area contributed by atoms with Gasteiger partial charge in [0.25, 0.3) is 11.7 Å². The van der Waals surface area contributed by atoms with Gasteiger partial charge in [0, 0.05) is 51.4 Å². The molecule has 0 aliphatic carbocycles. The summed E-state index contributed by atoms with van der Waals surface area (Å²) in [5.41, 5.74) is 1.29. The number of aliphatic hydroxyl groups excluding tert-OH is 1. The zero-order chi connectivity index (χ0) is 41.9. The summed E-state index contributed by atoms with van der Waals surface area (Å²) in [5, 5.41) is 23.0. The van der Waals surface area contributed by atoms with Crippen molar-refractivity contribution in [2.45, 2.75) is 149 Å². The van der Waals surface area contributed by atoms with Crippen LogP contribution in [-0.4, -0.2) is 107 Å². The topological polar surface area (TPSA) is 166 Å². The number of rotatable bonds is 3. The summed E-state index contributed by atoms with van der Waals surface area (Å²) in [6, 6.07) is -1.08. The molecule has 1 amide bonds. The first-order chi connectivity index (χ1) is 26.4. The monoisotopic (exact) mass is 785 g/mol. The van der Waals surface area contributed by atoms with Crippen LogP contribution >= 0.6 is 0 Å². The van der Waals surface area contributed by atoms with E-state index in [1.807, 2.05) is 65.0 Å². The van der Waals surface area contributed by atoms with E-state index in [2.05, 4.69) is 0 Å². The number of carbonyl (C=O) groups excluding carboxylic acids is 5. The lowest BCUT2D eigenvalue weighted by Gasteiger charge is -2.42. The molecule has 0 spiro atoms. The van der Waals surface area contributed by atoms with Gasteiger partial charge in [0.2, 0.25) is 5.79 Å². The van der Waals surface area contributed by atoms with Crippen LogP contribution in [0.5, 0.6) is 0 Å². The van der Waals surface area contributed by atoms with Gasteiger partial charge in [-0.3, -0.25) is 19.2 Å². The third-order valence-corrected chi connectivity index (χ3v) is 11.7.